The quantitative estimate of drug-likeness (QED) is 0.897. The van der Waals surface area contributed by atoms with Crippen LogP contribution < -0.4 is 10.6 Å². The number of hydrogen-bond donors (Lipinski definition) is 1. The maximum Gasteiger partial charge on any atom is 0.278 e. The van der Waals surface area contributed by atoms with Crippen molar-refractivity contribution < 1.29 is 4.79 Å². The zero-order valence-corrected chi connectivity index (χ0v) is 11.3. The van der Waals surface area contributed by atoms with Gasteiger partial charge in [-0.3, -0.25) is 4.79 Å². The van der Waals surface area contributed by atoms with Crippen molar-refractivity contribution in [1.29, 1.82) is 0 Å². The van der Waals surface area contributed by atoms with Crippen molar-refractivity contribution in [1.82, 2.24) is 4.98 Å². The van der Waals surface area contributed by atoms with Gasteiger partial charge in [0.15, 0.2) is 5.69 Å². The first kappa shape index (κ1) is 13.1. The molecule has 1 amide bonds. The standard InChI is InChI=1S/C15H17N3O/c1-10-7-11(2)9-12(8-10)18(3)15(19)14-13(16)5-4-6-17-14/h4-9H,16H2,1-3H3. The Morgan fingerprint density at radius 3 is 2.42 bits per heavy atom. The van der Waals surface area contributed by atoms with E-state index in [1.807, 2.05) is 26.0 Å². The number of carbonyl (C=O) groups is 1. The summed E-state index contributed by atoms with van der Waals surface area (Å²) in [4.78, 5) is 18.0. The van der Waals surface area contributed by atoms with E-state index in [1.165, 1.54) is 0 Å². The van der Waals surface area contributed by atoms with Gasteiger partial charge >= 0.3 is 0 Å². The van der Waals surface area contributed by atoms with E-state index in [4.69, 9.17) is 5.73 Å². The van der Waals surface area contributed by atoms with E-state index in [0.29, 0.717) is 5.69 Å². The lowest BCUT2D eigenvalue weighted by Crippen LogP contribution is -2.28. The van der Waals surface area contributed by atoms with Crippen molar-refractivity contribution in [2.24, 2.45) is 0 Å². The van der Waals surface area contributed by atoms with E-state index in [9.17, 15) is 4.79 Å². The average Bonchev–Trinajstić information content (AvgIpc) is 2.36. The van der Waals surface area contributed by atoms with Gasteiger partial charge in [0.05, 0.1) is 5.69 Å². The molecule has 0 fully saturated rings. The molecule has 1 heterocycles. The highest BCUT2D eigenvalue weighted by Crippen LogP contribution is 2.20. The third-order valence-electron chi connectivity index (χ3n) is 2.94. The van der Waals surface area contributed by atoms with Crippen LogP contribution in [0.2, 0.25) is 0 Å². The van der Waals surface area contributed by atoms with Crippen LogP contribution in [0.4, 0.5) is 11.4 Å². The van der Waals surface area contributed by atoms with Gasteiger partial charge in [-0.25, -0.2) is 4.98 Å². The van der Waals surface area contributed by atoms with Crippen LogP contribution in [-0.2, 0) is 0 Å². The Morgan fingerprint density at radius 2 is 1.84 bits per heavy atom. The maximum atomic E-state index is 12.4. The summed E-state index contributed by atoms with van der Waals surface area (Å²) in [7, 11) is 1.73. The van der Waals surface area contributed by atoms with Gasteiger partial charge in [-0.2, -0.15) is 0 Å². The first-order valence-corrected chi connectivity index (χ1v) is 6.06. The number of aromatic nitrogens is 1. The molecule has 2 N–H and O–H groups in total. The first-order chi connectivity index (χ1) is 8.99. The molecule has 0 bridgehead atoms. The number of anilines is 2. The number of benzene rings is 1. The lowest BCUT2D eigenvalue weighted by Gasteiger charge is -2.18. The zero-order chi connectivity index (χ0) is 14.0. The minimum atomic E-state index is -0.205. The normalized spacial score (nSPS) is 10.3. The van der Waals surface area contributed by atoms with Crippen molar-refractivity contribution >= 4 is 17.3 Å². The number of pyridine rings is 1. The Bertz CT molecular complexity index is 602. The number of carbonyl (C=O) groups excluding carboxylic acids is 1. The summed E-state index contributed by atoms with van der Waals surface area (Å²) < 4.78 is 0. The molecule has 4 heteroatoms. The van der Waals surface area contributed by atoms with Crippen LogP contribution in [-0.4, -0.2) is 17.9 Å². The molecule has 2 aromatic rings. The molecule has 1 aromatic carbocycles. The highest BCUT2D eigenvalue weighted by Gasteiger charge is 2.17. The molecule has 0 aliphatic rings. The monoisotopic (exact) mass is 255 g/mol. The summed E-state index contributed by atoms with van der Waals surface area (Å²) in [6.07, 6.45) is 1.57. The number of nitrogen functional groups attached to an aromatic ring is 1. The highest BCUT2D eigenvalue weighted by atomic mass is 16.2. The molecule has 0 saturated carbocycles. The highest BCUT2D eigenvalue weighted by molar-refractivity contribution is 6.07. The Morgan fingerprint density at radius 1 is 1.21 bits per heavy atom. The summed E-state index contributed by atoms with van der Waals surface area (Å²) in [5, 5.41) is 0. The van der Waals surface area contributed by atoms with E-state index >= 15 is 0 Å². The van der Waals surface area contributed by atoms with E-state index in [0.717, 1.165) is 16.8 Å². The van der Waals surface area contributed by atoms with E-state index in [1.54, 1.807) is 30.3 Å². The first-order valence-electron chi connectivity index (χ1n) is 6.06. The molecule has 0 saturated heterocycles. The Balaban J connectivity index is 2.36. The van der Waals surface area contributed by atoms with Gasteiger partial charge < -0.3 is 10.6 Å². The summed E-state index contributed by atoms with van der Waals surface area (Å²) in [6.45, 7) is 4.01. The Hall–Kier alpha value is -2.36. The number of rotatable bonds is 2. The second-order valence-electron chi connectivity index (χ2n) is 4.65. The Kier molecular flexibility index (Phi) is 3.51. The molecular formula is C15H17N3O. The van der Waals surface area contributed by atoms with Gasteiger partial charge in [0, 0.05) is 18.9 Å². The largest absolute Gasteiger partial charge is 0.397 e. The van der Waals surface area contributed by atoms with Crippen LogP contribution in [0.3, 0.4) is 0 Å². The third-order valence-corrected chi connectivity index (χ3v) is 2.94. The number of nitrogens with two attached hydrogens (primary N) is 1. The van der Waals surface area contributed by atoms with E-state index in [2.05, 4.69) is 11.1 Å². The van der Waals surface area contributed by atoms with Gasteiger partial charge in [0.25, 0.3) is 5.91 Å². The van der Waals surface area contributed by atoms with Crippen LogP contribution in [0, 0.1) is 13.8 Å². The van der Waals surface area contributed by atoms with Crippen molar-refractivity contribution in [3.8, 4) is 0 Å². The van der Waals surface area contributed by atoms with Crippen LogP contribution in [0.25, 0.3) is 0 Å². The second-order valence-corrected chi connectivity index (χ2v) is 4.65. The minimum Gasteiger partial charge on any atom is -0.397 e. The second kappa shape index (κ2) is 5.10. The van der Waals surface area contributed by atoms with Gasteiger partial charge in [0.1, 0.15) is 0 Å². The van der Waals surface area contributed by atoms with Crippen molar-refractivity contribution in [2.75, 3.05) is 17.7 Å². The van der Waals surface area contributed by atoms with Crippen molar-refractivity contribution in [3.05, 3.63) is 53.3 Å². The molecule has 0 radical (unpaired) electrons. The SMILES string of the molecule is Cc1cc(C)cc(N(C)C(=O)c2ncccc2N)c1. The molecule has 0 atom stereocenters. The predicted molar refractivity (Wildman–Crippen MR) is 77.3 cm³/mol. The molecular weight excluding hydrogens is 238 g/mol. The van der Waals surface area contributed by atoms with Crippen LogP contribution in [0.15, 0.2) is 36.5 Å². The molecule has 4 nitrogen and oxygen atoms in total. The van der Waals surface area contributed by atoms with E-state index < -0.39 is 0 Å². The third kappa shape index (κ3) is 2.73. The number of aryl methyl sites for hydroxylation is 2. The molecule has 98 valence electrons. The molecule has 2 rings (SSSR count). The van der Waals surface area contributed by atoms with Gasteiger partial charge in [-0.15, -0.1) is 0 Å². The van der Waals surface area contributed by atoms with Gasteiger partial charge in [-0.05, 0) is 49.2 Å². The lowest BCUT2D eigenvalue weighted by molar-refractivity contribution is 0.0989. The summed E-state index contributed by atoms with van der Waals surface area (Å²) >= 11 is 0. The van der Waals surface area contributed by atoms with Crippen LogP contribution in [0.1, 0.15) is 21.6 Å². The zero-order valence-electron chi connectivity index (χ0n) is 11.3. The minimum absolute atomic E-state index is 0.205. The van der Waals surface area contributed by atoms with Crippen molar-refractivity contribution in [2.45, 2.75) is 13.8 Å². The molecule has 19 heavy (non-hydrogen) atoms. The molecule has 0 aliphatic heterocycles. The number of nitrogens with zero attached hydrogens (tertiary/aromatic N) is 2. The molecule has 1 aromatic heterocycles. The fraction of sp³-hybridized carbons (Fsp3) is 0.200. The Labute approximate surface area is 112 Å². The fourth-order valence-corrected chi connectivity index (χ4v) is 2.02. The molecule has 0 spiro atoms. The number of amides is 1. The predicted octanol–water partition coefficient (Wildman–Crippen LogP) is 2.56. The topological polar surface area (TPSA) is 59.2 Å². The fourth-order valence-electron chi connectivity index (χ4n) is 2.02. The smallest absolute Gasteiger partial charge is 0.278 e. The lowest BCUT2D eigenvalue weighted by atomic mass is 10.1. The summed E-state index contributed by atoms with van der Waals surface area (Å²) in [5.41, 5.74) is 9.53. The van der Waals surface area contributed by atoms with Crippen LogP contribution in [0.5, 0.6) is 0 Å². The molecule has 0 aliphatic carbocycles. The van der Waals surface area contributed by atoms with Crippen molar-refractivity contribution in [3.63, 3.8) is 0 Å². The summed E-state index contributed by atoms with van der Waals surface area (Å²) in [6, 6.07) is 9.38. The summed E-state index contributed by atoms with van der Waals surface area (Å²) in [5.74, 6) is -0.205. The van der Waals surface area contributed by atoms with Gasteiger partial charge in [-0.1, -0.05) is 6.07 Å². The van der Waals surface area contributed by atoms with Crippen LogP contribution >= 0.6 is 0 Å². The number of hydrogen-bond acceptors (Lipinski definition) is 3. The maximum absolute atomic E-state index is 12.4. The van der Waals surface area contributed by atoms with E-state index in [-0.39, 0.29) is 11.6 Å². The van der Waals surface area contributed by atoms with Gasteiger partial charge in [0.2, 0.25) is 0 Å². The molecule has 0 unspecified atom stereocenters. The average molecular weight is 255 g/mol.